The van der Waals surface area contributed by atoms with E-state index in [1.807, 2.05) is 29.1 Å². The Labute approximate surface area is 234 Å². The van der Waals surface area contributed by atoms with Crippen molar-refractivity contribution in [1.29, 1.82) is 0 Å². The van der Waals surface area contributed by atoms with Gasteiger partial charge >= 0.3 is 6.03 Å². The lowest BCUT2D eigenvalue weighted by atomic mass is 9.92. The average Bonchev–Trinajstić information content (AvgIpc) is 3.48. The third kappa shape index (κ3) is 5.85. The Morgan fingerprint density at radius 3 is 2.61 bits per heavy atom. The molecule has 0 unspecified atom stereocenters. The highest BCUT2D eigenvalue weighted by atomic mass is 35.5. The molecule has 2 N–H and O–H groups in total. The number of hydrogen-bond acceptors (Lipinski definition) is 6. The van der Waals surface area contributed by atoms with Gasteiger partial charge in [0.15, 0.2) is 0 Å². The Morgan fingerprint density at radius 2 is 1.92 bits per heavy atom. The third-order valence-corrected chi connectivity index (χ3v) is 10.5. The molecule has 3 heterocycles. The first kappa shape index (κ1) is 27.0. The highest BCUT2D eigenvalue weighted by molar-refractivity contribution is 7.92. The van der Waals surface area contributed by atoms with Crippen LogP contribution in [0.2, 0.25) is 9.36 Å². The molecule has 2 amide bonds. The van der Waals surface area contributed by atoms with E-state index in [-0.39, 0.29) is 32.0 Å². The number of nitrogens with one attached hydrogen (secondary N) is 2. The molecule has 202 valence electrons. The zero-order valence-electron chi connectivity index (χ0n) is 20.3. The van der Waals surface area contributed by atoms with Crippen LogP contribution in [-0.2, 0) is 16.4 Å². The number of fused-ring (bicyclic) bond motifs is 1. The van der Waals surface area contributed by atoms with Crippen LogP contribution in [0.3, 0.4) is 0 Å². The maximum Gasteiger partial charge on any atom is 0.328 e. The van der Waals surface area contributed by atoms with Crippen LogP contribution < -0.4 is 14.9 Å². The fraction of sp³-hybridized carbons (Fsp3) is 0.360. The van der Waals surface area contributed by atoms with E-state index < -0.39 is 16.1 Å². The zero-order valence-corrected chi connectivity index (χ0v) is 23.4. The van der Waals surface area contributed by atoms with Crippen molar-refractivity contribution in [2.24, 2.45) is 0 Å². The fourth-order valence-corrected chi connectivity index (χ4v) is 7.76. The molecule has 1 aliphatic carbocycles. The molecular formula is C25H26Cl2FN5O3S2. The van der Waals surface area contributed by atoms with E-state index in [9.17, 15) is 17.6 Å². The number of allylic oxidation sites excluding steroid dienone is 1. The van der Waals surface area contributed by atoms with Crippen LogP contribution in [0.15, 0.2) is 46.8 Å². The fourth-order valence-electron chi connectivity index (χ4n) is 4.95. The van der Waals surface area contributed by atoms with Crippen LogP contribution in [0.5, 0.6) is 0 Å². The maximum atomic E-state index is 13.3. The van der Waals surface area contributed by atoms with Gasteiger partial charge in [-0.25, -0.2) is 22.3 Å². The predicted molar refractivity (Wildman–Crippen MR) is 148 cm³/mol. The Morgan fingerprint density at radius 1 is 1.18 bits per heavy atom. The second kappa shape index (κ2) is 11.3. The molecule has 0 spiro atoms. The lowest BCUT2D eigenvalue weighted by Crippen LogP contribution is -2.39. The lowest BCUT2D eigenvalue weighted by Gasteiger charge is -2.35. The van der Waals surface area contributed by atoms with Gasteiger partial charge in [0, 0.05) is 25.3 Å². The molecule has 1 fully saturated rings. The molecular weight excluding hydrogens is 572 g/mol. The smallest absolute Gasteiger partial charge is 0.328 e. The van der Waals surface area contributed by atoms with E-state index in [1.54, 1.807) is 0 Å². The Hall–Kier alpha value is -2.60. The van der Waals surface area contributed by atoms with Gasteiger partial charge in [0.05, 0.1) is 23.0 Å². The van der Waals surface area contributed by atoms with Gasteiger partial charge in [0.25, 0.3) is 10.0 Å². The normalized spacial score (nSPS) is 17.4. The van der Waals surface area contributed by atoms with Crippen molar-refractivity contribution >= 4 is 61.9 Å². The highest BCUT2D eigenvalue weighted by Gasteiger charge is 2.27. The zero-order chi connectivity index (χ0) is 26.9. The number of hydrogen-bond donors (Lipinski definition) is 2. The number of benzene rings is 1. The third-order valence-electron chi connectivity index (χ3n) is 6.80. The predicted octanol–water partition coefficient (Wildman–Crippen LogP) is 5.64. The number of sulfonamides is 1. The molecule has 2 aliphatic rings. The van der Waals surface area contributed by atoms with Gasteiger partial charge in [0.2, 0.25) is 0 Å². The largest absolute Gasteiger partial charge is 0.371 e. The number of piperidine rings is 1. The average molecular weight is 599 g/mol. The first-order chi connectivity index (χ1) is 18.2. The van der Waals surface area contributed by atoms with Crippen LogP contribution in [-0.4, -0.2) is 43.9 Å². The lowest BCUT2D eigenvalue weighted by molar-refractivity contribution is 0.247. The van der Waals surface area contributed by atoms with Crippen molar-refractivity contribution in [3.05, 3.63) is 69.0 Å². The summed E-state index contributed by atoms with van der Waals surface area (Å²) in [5, 5.41) is 7.44. The molecule has 0 saturated carbocycles. The molecule has 1 aromatic carbocycles. The van der Waals surface area contributed by atoms with Gasteiger partial charge in [-0.15, -0.1) is 11.3 Å². The SMILES string of the molecule is O=C(NCC=C1CCCc2cnn(C3CCN(c4ccc(F)cc4)CC3)c21)NS(=O)(=O)c1cc(Cl)c(Cl)s1. The molecule has 38 heavy (non-hydrogen) atoms. The van der Waals surface area contributed by atoms with E-state index in [0.717, 1.165) is 73.5 Å². The van der Waals surface area contributed by atoms with Crippen molar-refractivity contribution in [1.82, 2.24) is 19.8 Å². The minimum Gasteiger partial charge on any atom is -0.371 e. The highest BCUT2D eigenvalue weighted by Crippen LogP contribution is 2.36. The number of rotatable bonds is 6. The van der Waals surface area contributed by atoms with Crippen LogP contribution >= 0.6 is 34.5 Å². The number of amides is 2. The molecule has 2 aromatic heterocycles. The van der Waals surface area contributed by atoms with Crippen LogP contribution in [0.25, 0.3) is 5.57 Å². The summed E-state index contributed by atoms with van der Waals surface area (Å²) in [6.45, 7) is 1.86. The van der Waals surface area contributed by atoms with Gasteiger partial charge in [-0.3, -0.25) is 4.68 Å². The molecule has 0 atom stereocenters. The minimum absolute atomic E-state index is 0.119. The first-order valence-corrected chi connectivity index (χ1v) is 15.3. The molecule has 0 bridgehead atoms. The summed E-state index contributed by atoms with van der Waals surface area (Å²) in [6.07, 6.45) is 8.45. The summed E-state index contributed by atoms with van der Waals surface area (Å²) in [5.41, 5.74) is 4.38. The van der Waals surface area contributed by atoms with E-state index >= 15 is 0 Å². The molecule has 8 nitrogen and oxygen atoms in total. The van der Waals surface area contributed by atoms with Crippen LogP contribution in [0, 0.1) is 5.82 Å². The van der Waals surface area contributed by atoms with E-state index in [1.165, 1.54) is 23.8 Å². The summed E-state index contributed by atoms with van der Waals surface area (Å²) < 4.78 is 42.2. The molecule has 1 saturated heterocycles. The number of thiophene rings is 1. The summed E-state index contributed by atoms with van der Waals surface area (Å²) in [6, 6.07) is 7.21. The van der Waals surface area contributed by atoms with Crippen molar-refractivity contribution in [2.45, 2.75) is 42.4 Å². The molecule has 3 aromatic rings. The van der Waals surface area contributed by atoms with Crippen molar-refractivity contribution in [3.63, 3.8) is 0 Å². The Bertz CT molecular complexity index is 1440. The van der Waals surface area contributed by atoms with E-state index in [2.05, 4.69) is 14.9 Å². The monoisotopic (exact) mass is 597 g/mol. The van der Waals surface area contributed by atoms with Gasteiger partial charge in [-0.2, -0.15) is 5.10 Å². The summed E-state index contributed by atoms with van der Waals surface area (Å²) in [5.74, 6) is -0.239. The molecule has 1 aliphatic heterocycles. The number of aryl methyl sites for hydroxylation is 1. The Balaban J connectivity index is 1.22. The summed E-state index contributed by atoms with van der Waals surface area (Å²) >= 11 is 12.5. The second-order valence-electron chi connectivity index (χ2n) is 9.24. The van der Waals surface area contributed by atoms with E-state index in [4.69, 9.17) is 28.3 Å². The van der Waals surface area contributed by atoms with Gasteiger partial charge in [0.1, 0.15) is 14.4 Å². The molecule has 0 radical (unpaired) electrons. The topological polar surface area (TPSA) is 96.3 Å². The van der Waals surface area contributed by atoms with Crippen molar-refractivity contribution in [2.75, 3.05) is 24.5 Å². The standard InChI is InChI=1S/C25H26Cl2FN5O3S2/c26-21-14-22(37-24(21)27)38(35,36)31-25(34)29-11-8-16-2-1-3-17-15-30-33(23(16)17)20-9-12-32(13-10-20)19-6-4-18(28)5-7-19/h4-8,14-15,20H,1-3,9-13H2,(H2,29,31,34). The van der Waals surface area contributed by atoms with E-state index in [0.29, 0.717) is 0 Å². The summed E-state index contributed by atoms with van der Waals surface area (Å²) in [4.78, 5) is 14.6. The minimum atomic E-state index is -4.07. The van der Waals surface area contributed by atoms with Gasteiger partial charge in [-0.05, 0) is 73.6 Å². The van der Waals surface area contributed by atoms with Crippen LogP contribution in [0.4, 0.5) is 14.9 Å². The number of urea groups is 1. The molecule has 13 heteroatoms. The van der Waals surface area contributed by atoms with Gasteiger partial charge < -0.3 is 10.2 Å². The first-order valence-electron chi connectivity index (χ1n) is 12.2. The maximum absolute atomic E-state index is 13.3. The van der Waals surface area contributed by atoms with Gasteiger partial charge in [-0.1, -0.05) is 29.3 Å². The Kier molecular flexibility index (Phi) is 7.99. The van der Waals surface area contributed by atoms with Crippen molar-refractivity contribution in [3.8, 4) is 0 Å². The second-order valence-corrected chi connectivity index (χ2v) is 13.2. The number of aromatic nitrogens is 2. The number of anilines is 1. The quantitative estimate of drug-likeness (QED) is 0.383. The number of carbonyl (C=O) groups excluding carboxylic acids is 1. The number of nitrogens with zero attached hydrogens (tertiary/aromatic N) is 3. The number of halogens is 3. The van der Waals surface area contributed by atoms with Crippen molar-refractivity contribution < 1.29 is 17.6 Å². The summed E-state index contributed by atoms with van der Waals surface area (Å²) in [7, 11) is -4.07. The van der Waals surface area contributed by atoms with Crippen LogP contribution in [0.1, 0.15) is 43.0 Å². The number of carbonyl (C=O) groups is 1. The molecule has 5 rings (SSSR count).